The number of hydrogen-bond donors (Lipinski definition) is 2. The van der Waals surface area contributed by atoms with Crippen LogP contribution in [-0.4, -0.2) is 10.2 Å². The number of aromatic amines is 1. The van der Waals surface area contributed by atoms with Gasteiger partial charge in [0.25, 0.3) is 0 Å². The van der Waals surface area contributed by atoms with E-state index in [0.717, 1.165) is 39.5 Å². The smallest absolute Gasteiger partial charge is 0.157 e. The van der Waals surface area contributed by atoms with E-state index in [1.165, 1.54) is 0 Å². The van der Waals surface area contributed by atoms with Gasteiger partial charge in [0.15, 0.2) is 5.82 Å². The summed E-state index contributed by atoms with van der Waals surface area (Å²) in [5.74, 6) is 0.553. The highest BCUT2D eigenvalue weighted by atomic mass is 15.2. The molecule has 1 atom stereocenters. The number of aromatic nitrogens is 2. The minimum absolute atomic E-state index is 0.207. The minimum atomic E-state index is -0.207. The van der Waals surface area contributed by atoms with Crippen LogP contribution in [0.15, 0.2) is 96.6 Å². The van der Waals surface area contributed by atoms with Crippen LogP contribution in [-0.2, 0) is 0 Å². The Morgan fingerprint density at radius 2 is 1.34 bits per heavy atom. The summed E-state index contributed by atoms with van der Waals surface area (Å²) in [4.78, 5) is 0. The normalized spacial score (nSPS) is 15.3. The number of hydrogen-bond acceptors (Lipinski definition) is 3. The number of H-pyrrole nitrogens is 1. The first-order chi connectivity index (χ1) is 14.4. The first kappa shape index (κ1) is 17.0. The molecule has 1 aliphatic rings. The fraction of sp³-hybridized carbons (Fsp3) is 0.0400. The zero-order valence-corrected chi connectivity index (χ0v) is 15.6. The van der Waals surface area contributed by atoms with E-state index in [4.69, 9.17) is 0 Å². The molecule has 0 aliphatic carbocycles. The molecule has 3 aromatic carbocycles. The molecule has 0 fully saturated rings. The van der Waals surface area contributed by atoms with Gasteiger partial charge < -0.3 is 5.32 Å². The SMILES string of the molecule is N#CC1=C(c2ccccc2)Nc2n[nH]c(-c3ccccc3)c2C1c1ccccc1. The lowest BCUT2D eigenvalue weighted by atomic mass is 9.80. The van der Waals surface area contributed by atoms with Crippen LogP contribution in [0.4, 0.5) is 5.82 Å². The van der Waals surface area contributed by atoms with Crippen molar-refractivity contribution >= 4 is 11.5 Å². The Balaban J connectivity index is 1.77. The molecule has 0 radical (unpaired) electrons. The second-order valence-electron chi connectivity index (χ2n) is 6.96. The summed E-state index contributed by atoms with van der Waals surface area (Å²) in [6.07, 6.45) is 0. The van der Waals surface area contributed by atoms with Crippen LogP contribution in [0.2, 0.25) is 0 Å². The molecular formula is C25H18N4. The minimum Gasteiger partial charge on any atom is -0.337 e. The van der Waals surface area contributed by atoms with Gasteiger partial charge in [-0.2, -0.15) is 10.4 Å². The monoisotopic (exact) mass is 374 g/mol. The highest BCUT2D eigenvalue weighted by Gasteiger charge is 2.34. The van der Waals surface area contributed by atoms with Crippen molar-refractivity contribution in [2.24, 2.45) is 0 Å². The molecule has 0 spiro atoms. The third kappa shape index (κ3) is 2.90. The average molecular weight is 374 g/mol. The second kappa shape index (κ2) is 7.14. The van der Waals surface area contributed by atoms with Crippen molar-refractivity contribution in [3.63, 3.8) is 0 Å². The lowest BCUT2D eigenvalue weighted by molar-refractivity contribution is 0.973. The number of nitrogens with zero attached hydrogens (tertiary/aromatic N) is 2. The molecule has 1 aliphatic heterocycles. The highest BCUT2D eigenvalue weighted by molar-refractivity contribution is 5.89. The Kier molecular flexibility index (Phi) is 4.19. The molecule has 4 aromatic rings. The van der Waals surface area contributed by atoms with E-state index in [2.05, 4.69) is 45.8 Å². The summed E-state index contributed by atoms with van der Waals surface area (Å²) >= 11 is 0. The van der Waals surface area contributed by atoms with Crippen molar-refractivity contribution in [2.75, 3.05) is 5.32 Å². The molecule has 1 aromatic heterocycles. The summed E-state index contributed by atoms with van der Waals surface area (Å²) in [7, 11) is 0. The molecule has 4 heteroatoms. The number of rotatable bonds is 3. The van der Waals surface area contributed by atoms with Gasteiger partial charge in [-0.3, -0.25) is 5.10 Å². The predicted octanol–water partition coefficient (Wildman–Crippen LogP) is 5.57. The van der Waals surface area contributed by atoms with E-state index >= 15 is 0 Å². The van der Waals surface area contributed by atoms with Gasteiger partial charge in [-0.05, 0) is 16.7 Å². The van der Waals surface area contributed by atoms with E-state index in [9.17, 15) is 5.26 Å². The van der Waals surface area contributed by atoms with Gasteiger partial charge in [0.2, 0.25) is 0 Å². The molecule has 5 rings (SSSR count). The van der Waals surface area contributed by atoms with Crippen LogP contribution in [0.1, 0.15) is 22.6 Å². The van der Waals surface area contributed by atoms with E-state index in [0.29, 0.717) is 5.57 Å². The van der Waals surface area contributed by atoms with Gasteiger partial charge >= 0.3 is 0 Å². The molecule has 0 saturated heterocycles. The fourth-order valence-electron chi connectivity index (χ4n) is 3.96. The van der Waals surface area contributed by atoms with Crippen LogP contribution in [0.3, 0.4) is 0 Å². The highest BCUT2D eigenvalue weighted by Crippen LogP contribution is 2.46. The Morgan fingerprint density at radius 1 is 0.759 bits per heavy atom. The largest absolute Gasteiger partial charge is 0.337 e. The number of anilines is 1. The molecule has 2 N–H and O–H groups in total. The number of nitrogens with one attached hydrogen (secondary N) is 2. The van der Waals surface area contributed by atoms with Crippen molar-refractivity contribution in [3.8, 4) is 17.3 Å². The Labute approximate surface area is 169 Å². The second-order valence-corrected chi connectivity index (χ2v) is 6.96. The zero-order chi connectivity index (χ0) is 19.6. The summed E-state index contributed by atoms with van der Waals surface area (Å²) in [5.41, 5.74) is 6.51. The van der Waals surface area contributed by atoms with E-state index < -0.39 is 0 Å². The molecule has 29 heavy (non-hydrogen) atoms. The van der Waals surface area contributed by atoms with Crippen LogP contribution < -0.4 is 5.32 Å². The number of fused-ring (bicyclic) bond motifs is 1. The van der Waals surface area contributed by atoms with Crippen molar-refractivity contribution in [1.29, 1.82) is 5.26 Å². The van der Waals surface area contributed by atoms with E-state index in [1.807, 2.05) is 66.7 Å². The first-order valence-electron chi connectivity index (χ1n) is 9.52. The maximum Gasteiger partial charge on any atom is 0.157 e. The lowest BCUT2D eigenvalue weighted by Crippen LogP contribution is -2.17. The Morgan fingerprint density at radius 3 is 1.97 bits per heavy atom. The molecular weight excluding hydrogens is 356 g/mol. The third-order valence-electron chi connectivity index (χ3n) is 5.27. The Hall–Kier alpha value is -4.10. The standard InChI is InChI=1S/C25H18N4/c26-16-20-21(17-10-4-1-5-11-17)22-24(19-14-8-3-9-15-19)28-29-25(22)27-23(20)18-12-6-2-7-13-18/h1-15,21H,(H2,27,28,29). The van der Waals surface area contributed by atoms with Gasteiger partial charge in [-0.15, -0.1) is 0 Å². The molecule has 4 nitrogen and oxygen atoms in total. The topological polar surface area (TPSA) is 64.5 Å². The molecule has 138 valence electrons. The maximum atomic E-state index is 10.2. The molecule has 0 bridgehead atoms. The van der Waals surface area contributed by atoms with Gasteiger partial charge in [0, 0.05) is 5.56 Å². The van der Waals surface area contributed by atoms with Crippen LogP contribution >= 0.6 is 0 Å². The first-order valence-corrected chi connectivity index (χ1v) is 9.52. The number of nitriles is 1. The fourth-order valence-corrected chi connectivity index (χ4v) is 3.96. The van der Waals surface area contributed by atoms with Crippen LogP contribution in [0, 0.1) is 11.3 Å². The van der Waals surface area contributed by atoms with Crippen molar-refractivity contribution in [3.05, 3.63) is 113 Å². The van der Waals surface area contributed by atoms with E-state index in [-0.39, 0.29) is 5.92 Å². The summed E-state index contributed by atoms with van der Waals surface area (Å²) in [6.45, 7) is 0. The molecule has 0 saturated carbocycles. The van der Waals surface area contributed by atoms with Gasteiger partial charge in [0.05, 0.1) is 29.0 Å². The van der Waals surface area contributed by atoms with E-state index in [1.54, 1.807) is 0 Å². The van der Waals surface area contributed by atoms with Gasteiger partial charge in [-0.1, -0.05) is 91.0 Å². The average Bonchev–Trinajstić information content (AvgIpc) is 3.23. The lowest BCUT2D eigenvalue weighted by Gasteiger charge is -2.27. The van der Waals surface area contributed by atoms with Crippen molar-refractivity contribution < 1.29 is 0 Å². The van der Waals surface area contributed by atoms with Gasteiger partial charge in [0.1, 0.15) is 0 Å². The molecule has 0 amide bonds. The van der Waals surface area contributed by atoms with Crippen molar-refractivity contribution in [1.82, 2.24) is 10.2 Å². The number of allylic oxidation sites excluding steroid dienone is 1. The van der Waals surface area contributed by atoms with Crippen LogP contribution in [0.25, 0.3) is 17.0 Å². The quantitative estimate of drug-likeness (QED) is 0.493. The summed E-state index contributed by atoms with van der Waals surface area (Å²) in [6, 6.07) is 32.7. The Bertz CT molecular complexity index is 1220. The molecule has 1 unspecified atom stereocenters. The maximum absolute atomic E-state index is 10.2. The third-order valence-corrected chi connectivity index (χ3v) is 5.27. The molecule has 2 heterocycles. The summed E-state index contributed by atoms with van der Waals surface area (Å²) < 4.78 is 0. The zero-order valence-electron chi connectivity index (χ0n) is 15.6. The number of benzene rings is 3. The van der Waals surface area contributed by atoms with Crippen molar-refractivity contribution in [2.45, 2.75) is 5.92 Å². The predicted molar refractivity (Wildman–Crippen MR) is 115 cm³/mol. The van der Waals surface area contributed by atoms with Gasteiger partial charge in [-0.25, -0.2) is 0 Å². The van der Waals surface area contributed by atoms with Crippen LogP contribution in [0.5, 0.6) is 0 Å². The summed E-state index contributed by atoms with van der Waals surface area (Å²) in [5, 5.41) is 21.4.